The van der Waals surface area contributed by atoms with Crippen molar-refractivity contribution in [3.05, 3.63) is 41.6 Å². The van der Waals surface area contributed by atoms with E-state index in [1.807, 2.05) is 23.9 Å². The molecule has 0 spiro atoms. The quantitative estimate of drug-likeness (QED) is 0.786. The summed E-state index contributed by atoms with van der Waals surface area (Å²) in [5.41, 5.74) is 2.66. The summed E-state index contributed by atoms with van der Waals surface area (Å²) in [4.78, 5) is 12.9. The third-order valence-corrected chi connectivity index (χ3v) is 3.53. The van der Waals surface area contributed by atoms with E-state index in [2.05, 4.69) is 21.2 Å². The number of hydrogen-bond acceptors (Lipinski definition) is 4. The first-order valence-electron chi connectivity index (χ1n) is 5.72. The fourth-order valence-electron chi connectivity index (χ4n) is 1.61. The lowest BCUT2D eigenvalue weighted by Crippen LogP contribution is -1.98. The van der Waals surface area contributed by atoms with Crippen LogP contribution in [-0.2, 0) is 6.42 Å². The highest BCUT2D eigenvalue weighted by Gasteiger charge is 2.07. The summed E-state index contributed by atoms with van der Waals surface area (Å²) in [6.45, 7) is 0. The number of rotatable bonds is 5. The first-order chi connectivity index (χ1) is 8.81. The number of nitrogens with zero attached hydrogens (tertiary/aromatic N) is 3. The van der Waals surface area contributed by atoms with E-state index in [1.165, 1.54) is 0 Å². The lowest BCUT2D eigenvalue weighted by Gasteiger charge is -2.05. The molecule has 0 N–H and O–H groups in total. The summed E-state index contributed by atoms with van der Waals surface area (Å²) in [5.74, 6) is 1.11. The van der Waals surface area contributed by atoms with Gasteiger partial charge in [-0.05, 0) is 37.0 Å². The Morgan fingerprint density at radius 1 is 1.33 bits per heavy atom. The van der Waals surface area contributed by atoms with Crippen LogP contribution in [0.2, 0.25) is 5.15 Å². The van der Waals surface area contributed by atoms with E-state index < -0.39 is 0 Å². The molecule has 0 amide bonds. The molecule has 0 atom stereocenters. The Morgan fingerprint density at radius 3 is 2.94 bits per heavy atom. The maximum Gasteiger partial charge on any atom is 0.150 e. The van der Waals surface area contributed by atoms with Gasteiger partial charge >= 0.3 is 0 Å². The molecular formula is C13H14ClN3S. The highest BCUT2D eigenvalue weighted by molar-refractivity contribution is 7.98. The molecule has 0 fully saturated rings. The molecule has 94 valence electrons. The molecular weight excluding hydrogens is 266 g/mol. The second-order valence-corrected chi connectivity index (χ2v) is 5.17. The lowest BCUT2D eigenvalue weighted by atomic mass is 10.2. The molecule has 2 heterocycles. The molecule has 0 saturated carbocycles. The number of halogens is 1. The summed E-state index contributed by atoms with van der Waals surface area (Å²) in [5, 5.41) is 0.503. The minimum Gasteiger partial charge on any atom is -0.264 e. The van der Waals surface area contributed by atoms with Crippen molar-refractivity contribution in [1.29, 1.82) is 0 Å². The Morgan fingerprint density at radius 2 is 2.22 bits per heavy atom. The third kappa shape index (κ3) is 3.43. The first kappa shape index (κ1) is 13.3. The van der Waals surface area contributed by atoms with E-state index in [-0.39, 0.29) is 0 Å². The molecule has 5 heteroatoms. The van der Waals surface area contributed by atoms with Crippen molar-refractivity contribution in [3.8, 4) is 11.3 Å². The SMILES string of the molecule is CSCCCc1nc(-c2cccnc2)cnc1Cl. The van der Waals surface area contributed by atoms with Crippen molar-refractivity contribution in [2.24, 2.45) is 0 Å². The number of hydrogen-bond donors (Lipinski definition) is 0. The smallest absolute Gasteiger partial charge is 0.150 e. The van der Waals surface area contributed by atoms with Crippen LogP contribution in [0, 0.1) is 0 Å². The molecule has 0 aliphatic rings. The third-order valence-electron chi connectivity index (χ3n) is 2.51. The van der Waals surface area contributed by atoms with Crippen LogP contribution >= 0.6 is 23.4 Å². The molecule has 0 bridgehead atoms. The molecule has 2 aromatic rings. The van der Waals surface area contributed by atoms with E-state index in [0.717, 1.165) is 35.5 Å². The van der Waals surface area contributed by atoms with Crippen molar-refractivity contribution in [2.75, 3.05) is 12.0 Å². The Labute approximate surface area is 116 Å². The second-order valence-electron chi connectivity index (χ2n) is 3.83. The monoisotopic (exact) mass is 279 g/mol. The van der Waals surface area contributed by atoms with Crippen molar-refractivity contribution >= 4 is 23.4 Å². The van der Waals surface area contributed by atoms with Crippen LogP contribution in [0.5, 0.6) is 0 Å². The van der Waals surface area contributed by atoms with Gasteiger partial charge in [-0.15, -0.1) is 0 Å². The molecule has 0 saturated heterocycles. The van der Waals surface area contributed by atoms with Crippen LogP contribution in [0.3, 0.4) is 0 Å². The van der Waals surface area contributed by atoms with Gasteiger partial charge in [-0.25, -0.2) is 9.97 Å². The van der Waals surface area contributed by atoms with Gasteiger partial charge in [0.25, 0.3) is 0 Å². The van der Waals surface area contributed by atoms with Gasteiger partial charge in [-0.2, -0.15) is 11.8 Å². The van der Waals surface area contributed by atoms with E-state index in [0.29, 0.717) is 5.15 Å². The maximum absolute atomic E-state index is 6.07. The van der Waals surface area contributed by atoms with Crippen LogP contribution in [-0.4, -0.2) is 27.0 Å². The van der Waals surface area contributed by atoms with Crippen LogP contribution in [0.4, 0.5) is 0 Å². The zero-order chi connectivity index (χ0) is 12.8. The Balaban J connectivity index is 2.21. The molecule has 3 nitrogen and oxygen atoms in total. The summed E-state index contributed by atoms with van der Waals surface area (Å²) in [7, 11) is 0. The molecule has 0 unspecified atom stereocenters. The number of thioether (sulfide) groups is 1. The van der Waals surface area contributed by atoms with Gasteiger partial charge in [-0.1, -0.05) is 11.6 Å². The largest absolute Gasteiger partial charge is 0.264 e. The minimum atomic E-state index is 0.503. The Bertz CT molecular complexity index is 505. The van der Waals surface area contributed by atoms with Gasteiger partial charge in [0, 0.05) is 18.0 Å². The minimum absolute atomic E-state index is 0.503. The van der Waals surface area contributed by atoms with E-state index in [9.17, 15) is 0 Å². The normalized spacial score (nSPS) is 10.6. The van der Waals surface area contributed by atoms with Crippen molar-refractivity contribution < 1.29 is 0 Å². The molecule has 18 heavy (non-hydrogen) atoms. The fraction of sp³-hybridized carbons (Fsp3) is 0.308. The van der Waals surface area contributed by atoms with E-state index in [1.54, 1.807) is 18.6 Å². The van der Waals surface area contributed by atoms with Crippen LogP contribution in [0.1, 0.15) is 12.1 Å². The average Bonchev–Trinajstić information content (AvgIpc) is 2.42. The highest BCUT2D eigenvalue weighted by atomic mass is 35.5. The van der Waals surface area contributed by atoms with Gasteiger partial charge in [0.15, 0.2) is 5.15 Å². The van der Waals surface area contributed by atoms with Crippen LogP contribution in [0.25, 0.3) is 11.3 Å². The summed E-state index contributed by atoms with van der Waals surface area (Å²) in [6.07, 6.45) is 9.24. The first-order valence-corrected chi connectivity index (χ1v) is 7.49. The van der Waals surface area contributed by atoms with E-state index in [4.69, 9.17) is 11.6 Å². The summed E-state index contributed by atoms with van der Waals surface area (Å²) in [6, 6.07) is 3.86. The van der Waals surface area contributed by atoms with E-state index >= 15 is 0 Å². The zero-order valence-corrected chi connectivity index (χ0v) is 11.7. The van der Waals surface area contributed by atoms with Gasteiger partial charge in [0.1, 0.15) is 0 Å². The Kier molecular flexibility index (Phi) is 4.96. The van der Waals surface area contributed by atoms with Gasteiger partial charge < -0.3 is 0 Å². The summed E-state index contributed by atoms with van der Waals surface area (Å²) >= 11 is 7.89. The van der Waals surface area contributed by atoms with Gasteiger partial charge in [-0.3, -0.25) is 4.98 Å². The molecule has 0 aliphatic heterocycles. The maximum atomic E-state index is 6.07. The predicted octanol–water partition coefficient (Wildman–Crippen LogP) is 3.49. The summed E-state index contributed by atoms with van der Waals surface area (Å²) < 4.78 is 0. The van der Waals surface area contributed by atoms with Gasteiger partial charge in [0.2, 0.25) is 0 Å². The lowest BCUT2D eigenvalue weighted by molar-refractivity contribution is 0.882. The topological polar surface area (TPSA) is 38.7 Å². The van der Waals surface area contributed by atoms with Crippen molar-refractivity contribution in [2.45, 2.75) is 12.8 Å². The zero-order valence-electron chi connectivity index (χ0n) is 10.1. The molecule has 0 aromatic carbocycles. The van der Waals surface area contributed by atoms with Crippen LogP contribution < -0.4 is 0 Å². The van der Waals surface area contributed by atoms with Crippen molar-refractivity contribution in [1.82, 2.24) is 15.0 Å². The number of pyridine rings is 1. The molecule has 0 aliphatic carbocycles. The fourth-order valence-corrected chi connectivity index (χ4v) is 2.23. The average molecular weight is 280 g/mol. The predicted molar refractivity (Wildman–Crippen MR) is 77.0 cm³/mol. The standard InChI is InChI=1S/C13H14ClN3S/c1-18-7-3-5-11-13(14)16-9-12(17-11)10-4-2-6-15-8-10/h2,4,6,8-9H,3,5,7H2,1H3. The highest BCUT2D eigenvalue weighted by Crippen LogP contribution is 2.19. The number of aromatic nitrogens is 3. The molecule has 0 radical (unpaired) electrons. The van der Waals surface area contributed by atoms with Crippen molar-refractivity contribution in [3.63, 3.8) is 0 Å². The second kappa shape index (κ2) is 6.71. The molecule has 2 aromatic heterocycles. The van der Waals surface area contributed by atoms with Crippen LogP contribution in [0.15, 0.2) is 30.7 Å². The molecule has 2 rings (SSSR count). The number of aryl methyl sites for hydroxylation is 1. The van der Waals surface area contributed by atoms with Gasteiger partial charge in [0.05, 0.1) is 17.6 Å². The Hall–Kier alpha value is -1.13.